The van der Waals surface area contributed by atoms with E-state index in [4.69, 9.17) is 9.47 Å². The highest BCUT2D eigenvalue weighted by atomic mass is 32.1. The Labute approximate surface area is 324 Å². The van der Waals surface area contributed by atoms with Gasteiger partial charge in [-0.3, -0.25) is 14.2 Å². The number of methoxy groups -OCH3 is 1. The number of rotatable bonds is 14. The van der Waals surface area contributed by atoms with Crippen LogP contribution in [0.5, 0.6) is 5.75 Å². The molecule has 0 aliphatic carbocycles. The molecule has 0 aliphatic heterocycles. The molecule has 0 amide bonds. The number of carbonyl (C=O) groups is 1. The van der Waals surface area contributed by atoms with Gasteiger partial charge in [-0.05, 0) is 74.3 Å². The second kappa shape index (κ2) is 15.3. The molecular weight excluding hydrogens is 736 g/mol. The number of Topliss-reactive ketones (excluding diaryl/α,β-unsaturated/α-hetero) is 1. The summed E-state index contributed by atoms with van der Waals surface area (Å²) in [6.07, 6.45) is 2.01. The highest BCUT2D eigenvalue weighted by molar-refractivity contribution is 7.21. The first-order valence-electron chi connectivity index (χ1n) is 18.2. The summed E-state index contributed by atoms with van der Waals surface area (Å²) in [4.78, 5) is 57.8. The minimum atomic E-state index is -3.64. The number of nitrogens with zero attached hydrogens (tertiary/aromatic N) is 4. The van der Waals surface area contributed by atoms with E-state index in [1.165, 1.54) is 41.2 Å². The Bertz CT molecular complexity index is 2400. The number of halogens is 1. The minimum Gasteiger partial charge on any atom is -0.496 e. The molecule has 0 bridgehead atoms. The normalized spacial score (nSPS) is 13.1. The van der Waals surface area contributed by atoms with Gasteiger partial charge in [0.2, 0.25) is 0 Å². The van der Waals surface area contributed by atoms with Gasteiger partial charge in [0.1, 0.15) is 33.0 Å². The zero-order valence-electron chi connectivity index (χ0n) is 32.4. The Morgan fingerprint density at radius 1 is 0.964 bits per heavy atom. The Kier molecular flexibility index (Phi) is 11.0. The molecule has 6 rings (SSSR count). The van der Waals surface area contributed by atoms with Gasteiger partial charge in [0.15, 0.2) is 5.78 Å². The van der Waals surface area contributed by atoms with Gasteiger partial charge in [-0.15, -0.1) is 0 Å². The van der Waals surface area contributed by atoms with Crippen molar-refractivity contribution >= 4 is 46.0 Å². The predicted octanol–water partition coefficient (Wildman–Crippen LogP) is 6.26. The van der Waals surface area contributed by atoms with E-state index in [9.17, 15) is 23.6 Å². The highest BCUT2D eigenvalue weighted by Gasteiger charge is 2.52. The number of benzene rings is 3. The molecule has 3 aromatic carbocycles. The summed E-state index contributed by atoms with van der Waals surface area (Å²) >= 11 is 1.22. The van der Waals surface area contributed by atoms with Crippen molar-refractivity contribution in [3.05, 3.63) is 135 Å². The summed E-state index contributed by atoms with van der Waals surface area (Å²) in [6, 6.07) is 24.6. The third-order valence-electron chi connectivity index (χ3n) is 10.4. The molecule has 10 nitrogen and oxygen atoms in total. The molecular formula is C42H47FN4O6SSi. The summed E-state index contributed by atoms with van der Waals surface area (Å²) in [7, 11) is -2.16. The van der Waals surface area contributed by atoms with E-state index >= 15 is 0 Å². The van der Waals surface area contributed by atoms with Crippen LogP contribution < -0.4 is 26.4 Å². The first kappa shape index (κ1) is 39.7. The molecule has 1 N–H and O–H groups in total. The van der Waals surface area contributed by atoms with Crippen molar-refractivity contribution in [1.29, 1.82) is 0 Å². The van der Waals surface area contributed by atoms with E-state index in [-0.39, 0.29) is 24.5 Å². The zero-order chi connectivity index (χ0) is 39.9. The maximum atomic E-state index is 15.0. The van der Waals surface area contributed by atoms with Crippen molar-refractivity contribution in [3.63, 3.8) is 0 Å². The number of hydrogen-bond donors (Lipinski definition) is 1. The van der Waals surface area contributed by atoms with Crippen LogP contribution in [0.3, 0.4) is 0 Å². The number of aryl methyl sites for hydroxylation is 1. The second-order valence-electron chi connectivity index (χ2n) is 15.2. The Balaban J connectivity index is 1.54. The number of carbonyl (C=O) groups excluding carboxylic acids is 1. The minimum absolute atomic E-state index is 0.128. The molecule has 0 saturated heterocycles. The van der Waals surface area contributed by atoms with Crippen LogP contribution in [-0.2, 0) is 21.6 Å². The molecule has 3 aromatic heterocycles. The van der Waals surface area contributed by atoms with E-state index in [1.807, 2.05) is 88.4 Å². The Hall–Kier alpha value is -4.95. The average Bonchev–Trinajstić information content (AvgIpc) is 3.81. The molecule has 0 spiro atoms. The molecule has 13 heteroatoms. The lowest BCUT2D eigenvalue weighted by atomic mass is 9.91. The molecule has 55 heavy (non-hydrogen) atoms. The Morgan fingerprint density at radius 3 is 2.13 bits per heavy atom. The lowest BCUT2D eigenvalue weighted by molar-refractivity contribution is -0.127. The van der Waals surface area contributed by atoms with Gasteiger partial charge in [-0.1, -0.05) is 85.8 Å². The topological polar surface area (TPSA) is 118 Å². The maximum absolute atomic E-state index is 15.0. The fourth-order valence-corrected chi connectivity index (χ4v) is 12.3. The van der Waals surface area contributed by atoms with Crippen LogP contribution in [0.25, 0.3) is 15.2 Å². The smallest absolute Gasteiger partial charge is 0.333 e. The van der Waals surface area contributed by atoms with E-state index in [0.717, 1.165) is 14.9 Å². The zero-order valence-corrected chi connectivity index (χ0v) is 34.2. The van der Waals surface area contributed by atoms with Crippen LogP contribution >= 0.6 is 11.3 Å². The SMILES string of the molecule is COc1ccc(F)cc1[C@H](Cn1c(=O)n(C(C)(C)C(=O)CC(C)(C)[Si](O)(c2ccccc2)c2ccccc2)c(=O)c2c(C)c(-n3cccn3)sc21)OC(C)C. The molecule has 6 aromatic rings. The van der Waals surface area contributed by atoms with E-state index in [0.29, 0.717) is 26.7 Å². The van der Waals surface area contributed by atoms with Crippen molar-refractivity contribution in [1.82, 2.24) is 18.9 Å². The van der Waals surface area contributed by atoms with Crippen LogP contribution in [0, 0.1) is 12.7 Å². The number of ether oxygens (including phenoxy) is 2. The summed E-state index contributed by atoms with van der Waals surface area (Å²) in [6.45, 7) is 12.2. The quantitative estimate of drug-likeness (QED) is 0.130. The third kappa shape index (κ3) is 7.17. The van der Waals surface area contributed by atoms with E-state index in [2.05, 4.69) is 5.10 Å². The monoisotopic (exact) mass is 782 g/mol. The summed E-state index contributed by atoms with van der Waals surface area (Å²) < 4.78 is 30.8. The lowest BCUT2D eigenvalue weighted by Crippen LogP contribution is -2.66. The van der Waals surface area contributed by atoms with Crippen LogP contribution in [-0.4, -0.2) is 51.0 Å². The molecule has 0 radical (unpaired) electrons. The first-order valence-corrected chi connectivity index (χ1v) is 20.9. The fraction of sp³-hybridized carbons (Fsp3) is 0.333. The first-order chi connectivity index (χ1) is 26.0. The van der Waals surface area contributed by atoms with Gasteiger partial charge in [-0.25, -0.2) is 18.4 Å². The van der Waals surface area contributed by atoms with Gasteiger partial charge >= 0.3 is 5.69 Å². The van der Waals surface area contributed by atoms with Gasteiger partial charge in [0.05, 0.1) is 25.1 Å². The summed E-state index contributed by atoms with van der Waals surface area (Å²) in [5, 5.41) is 5.75. The fourth-order valence-electron chi connectivity index (χ4n) is 7.44. The van der Waals surface area contributed by atoms with Gasteiger partial charge in [-0.2, -0.15) is 5.10 Å². The van der Waals surface area contributed by atoms with Crippen molar-refractivity contribution in [2.75, 3.05) is 7.11 Å². The molecule has 0 fully saturated rings. The van der Waals surface area contributed by atoms with Gasteiger partial charge < -0.3 is 14.3 Å². The Morgan fingerprint density at radius 2 is 1.58 bits per heavy atom. The van der Waals surface area contributed by atoms with Crippen LogP contribution in [0.1, 0.15) is 65.2 Å². The summed E-state index contributed by atoms with van der Waals surface area (Å²) in [5.74, 6) is -0.537. The molecule has 3 heterocycles. The second-order valence-corrected chi connectivity index (χ2v) is 20.1. The standard InChI is InChI=1S/C42H47FN4O6SSi/c1-27(2)53-34(32-24-29(43)20-21-33(32)52-8)26-45-39-36(28(3)38(54-39)46-23-15-22-44-46)37(49)47(40(45)50)42(6,7)35(48)25-41(4,5)55(51,30-16-11-9-12-17-30)31-18-13-10-14-19-31/h9-24,27,34,51H,25-26H2,1-8H3/t34-/m0/s1. The number of aromatic nitrogens is 4. The van der Waals surface area contributed by atoms with Crippen molar-refractivity contribution in [3.8, 4) is 10.8 Å². The molecule has 288 valence electrons. The van der Waals surface area contributed by atoms with Crippen LogP contribution in [0.15, 0.2) is 107 Å². The number of fused-ring (bicyclic) bond motifs is 1. The van der Waals surface area contributed by atoms with Gasteiger partial charge in [0, 0.05) is 29.9 Å². The van der Waals surface area contributed by atoms with Gasteiger partial charge in [0.25, 0.3) is 13.9 Å². The number of ketones is 1. The summed E-state index contributed by atoms with van der Waals surface area (Å²) in [5.41, 5.74) is -2.05. The molecule has 0 unspecified atom stereocenters. The van der Waals surface area contributed by atoms with E-state index < -0.39 is 47.8 Å². The van der Waals surface area contributed by atoms with E-state index in [1.54, 1.807) is 43.9 Å². The average molecular weight is 783 g/mol. The lowest BCUT2D eigenvalue weighted by Gasteiger charge is -2.42. The largest absolute Gasteiger partial charge is 0.496 e. The number of hydrogen-bond acceptors (Lipinski definition) is 8. The molecule has 0 aliphatic rings. The van der Waals surface area contributed by atoms with Crippen LogP contribution in [0.2, 0.25) is 5.04 Å². The maximum Gasteiger partial charge on any atom is 0.333 e. The predicted molar refractivity (Wildman–Crippen MR) is 217 cm³/mol. The van der Waals surface area contributed by atoms with Crippen molar-refractivity contribution < 1.29 is 23.5 Å². The number of thiophene rings is 1. The van der Waals surface area contributed by atoms with Crippen molar-refractivity contribution in [2.45, 2.75) is 84.2 Å². The third-order valence-corrected chi connectivity index (χ3v) is 16.2. The highest BCUT2D eigenvalue weighted by Crippen LogP contribution is 2.41. The van der Waals surface area contributed by atoms with Crippen molar-refractivity contribution in [2.24, 2.45) is 0 Å². The molecule has 1 atom stereocenters. The van der Waals surface area contributed by atoms with Crippen LogP contribution in [0.4, 0.5) is 4.39 Å². The molecule has 0 saturated carbocycles.